The van der Waals surface area contributed by atoms with Crippen molar-refractivity contribution in [2.45, 2.75) is 97.2 Å². The van der Waals surface area contributed by atoms with Gasteiger partial charge in [0.05, 0.1) is 0 Å². The second-order valence-corrected chi connectivity index (χ2v) is 17.3. The van der Waals surface area contributed by atoms with Crippen molar-refractivity contribution in [3.8, 4) is 56.0 Å². The Labute approximate surface area is 398 Å². The lowest BCUT2D eigenvalue weighted by Crippen LogP contribution is -2.16. The summed E-state index contributed by atoms with van der Waals surface area (Å²) in [6, 6.07) is 45.4. The average Bonchev–Trinajstić information content (AvgIpc) is 3.32. The summed E-state index contributed by atoms with van der Waals surface area (Å²) in [5.74, 6) is -1.56. The molecule has 0 saturated heterocycles. The molecule has 8 aromatic rings. The maximum atomic E-state index is 14.9. The van der Waals surface area contributed by atoms with Crippen LogP contribution in [0.3, 0.4) is 0 Å². The van der Waals surface area contributed by atoms with Crippen LogP contribution in [0.5, 0.6) is 11.5 Å². The first-order valence-corrected chi connectivity index (χ1v) is 23.5. The summed E-state index contributed by atoms with van der Waals surface area (Å²) >= 11 is 0. The average molecular weight is 947 g/mol. The molecular formula is C59H54F8O2. The monoisotopic (exact) mass is 946 g/mol. The molecule has 0 aliphatic heterocycles. The predicted molar refractivity (Wildman–Crippen MR) is 263 cm³/mol. The Bertz CT molecular complexity index is 2940. The quantitative estimate of drug-likeness (QED) is 0.0669. The van der Waals surface area contributed by atoms with Gasteiger partial charge in [-0.3, -0.25) is 0 Å². The van der Waals surface area contributed by atoms with Gasteiger partial charge in [0.15, 0.2) is 0 Å². The minimum atomic E-state index is -4.76. The Balaban J connectivity index is 0.000000204. The molecule has 8 rings (SSSR count). The maximum Gasteiger partial charge on any atom is 0.573 e. The van der Waals surface area contributed by atoms with Gasteiger partial charge in [0.2, 0.25) is 0 Å². The number of benzene rings is 8. The Morgan fingerprint density at radius 3 is 1.03 bits per heavy atom. The maximum absolute atomic E-state index is 14.9. The minimum absolute atomic E-state index is 0.316. The smallest absolute Gasteiger partial charge is 0.406 e. The van der Waals surface area contributed by atoms with Crippen molar-refractivity contribution >= 4 is 21.5 Å². The molecule has 358 valence electrons. The molecule has 69 heavy (non-hydrogen) atoms. The van der Waals surface area contributed by atoms with Gasteiger partial charge in [-0.25, -0.2) is 8.78 Å². The van der Waals surface area contributed by atoms with Crippen LogP contribution < -0.4 is 9.47 Å². The van der Waals surface area contributed by atoms with Crippen molar-refractivity contribution in [1.82, 2.24) is 0 Å². The number of halogens is 8. The van der Waals surface area contributed by atoms with Crippen LogP contribution in [0.1, 0.15) is 82.8 Å². The number of hydrogen-bond donors (Lipinski definition) is 0. The molecule has 0 radical (unpaired) electrons. The highest BCUT2D eigenvalue weighted by Crippen LogP contribution is 2.34. The van der Waals surface area contributed by atoms with Crippen molar-refractivity contribution < 1.29 is 44.6 Å². The number of ether oxygens (including phenoxy) is 2. The highest BCUT2D eigenvalue weighted by molar-refractivity contribution is 5.89. The van der Waals surface area contributed by atoms with Gasteiger partial charge < -0.3 is 9.47 Å². The highest BCUT2D eigenvalue weighted by Gasteiger charge is 2.32. The molecule has 0 aliphatic rings. The fourth-order valence-corrected chi connectivity index (χ4v) is 8.48. The van der Waals surface area contributed by atoms with E-state index in [0.29, 0.717) is 22.3 Å². The lowest BCUT2D eigenvalue weighted by atomic mass is 9.96. The third-order valence-corrected chi connectivity index (χ3v) is 12.1. The summed E-state index contributed by atoms with van der Waals surface area (Å²) in [4.78, 5) is 0. The summed E-state index contributed by atoms with van der Waals surface area (Å²) in [5.41, 5.74) is 7.54. The second-order valence-electron chi connectivity index (χ2n) is 17.3. The van der Waals surface area contributed by atoms with Gasteiger partial charge in [0, 0.05) is 11.1 Å². The lowest BCUT2D eigenvalue weighted by molar-refractivity contribution is -0.275. The van der Waals surface area contributed by atoms with Gasteiger partial charge in [0.1, 0.15) is 23.1 Å². The molecule has 0 aliphatic carbocycles. The lowest BCUT2D eigenvalue weighted by Gasteiger charge is -2.11. The number of unbranched alkanes of at least 4 members (excludes halogenated alkanes) is 7. The van der Waals surface area contributed by atoms with E-state index in [0.717, 1.165) is 56.6 Å². The van der Waals surface area contributed by atoms with Crippen molar-refractivity contribution in [2.75, 3.05) is 0 Å². The Hall–Kier alpha value is -6.68. The van der Waals surface area contributed by atoms with Crippen molar-refractivity contribution in [3.63, 3.8) is 0 Å². The minimum Gasteiger partial charge on any atom is -0.406 e. The molecule has 0 N–H and O–H groups in total. The molecule has 0 fully saturated rings. The fraction of sp³-hybridized carbons (Fsp3) is 0.254. The third-order valence-electron chi connectivity index (χ3n) is 12.1. The number of rotatable bonds is 17. The van der Waals surface area contributed by atoms with Crippen LogP contribution in [0, 0.1) is 11.6 Å². The summed E-state index contributed by atoms with van der Waals surface area (Å²) < 4.78 is 112. The zero-order chi connectivity index (χ0) is 49.0. The second kappa shape index (κ2) is 23.1. The van der Waals surface area contributed by atoms with Crippen LogP contribution in [0.15, 0.2) is 158 Å². The van der Waals surface area contributed by atoms with E-state index in [9.17, 15) is 35.1 Å². The van der Waals surface area contributed by atoms with Crippen LogP contribution in [0.25, 0.3) is 66.1 Å². The summed E-state index contributed by atoms with van der Waals surface area (Å²) in [6.07, 6.45) is 3.88. The van der Waals surface area contributed by atoms with Crippen LogP contribution in [0.2, 0.25) is 0 Å². The number of aryl methyl sites for hydroxylation is 2. The molecule has 0 amide bonds. The molecule has 0 saturated carbocycles. The SMILES string of the molecule is CCCCCCCc1ccc2cc(-c3ccc(-c4ccc(OC(F)(F)F)cc4)c(F)c3)ccc2c1.CCCCCCc1ccc2cc(-c3ccc(-c4ccc(OC(F)(F)F)cc4)c(F)c3)ccc2c1. The van der Waals surface area contributed by atoms with Crippen molar-refractivity contribution in [2.24, 2.45) is 0 Å². The van der Waals surface area contributed by atoms with E-state index in [4.69, 9.17) is 0 Å². The van der Waals surface area contributed by atoms with Crippen molar-refractivity contribution in [1.29, 1.82) is 0 Å². The highest BCUT2D eigenvalue weighted by atomic mass is 19.4. The summed E-state index contributed by atoms with van der Waals surface area (Å²) in [5, 5.41) is 4.52. The van der Waals surface area contributed by atoms with E-state index in [1.807, 2.05) is 30.3 Å². The molecular weight excluding hydrogens is 893 g/mol. The Kier molecular flexibility index (Phi) is 16.8. The molecule has 8 aromatic carbocycles. The first-order chi connectivity index (χ1) is 33.1. The normalized spacial score (nSPS) is 11.7. The predicted octanol–water partition coefficient (Wildman–Crippen LogP) is 19.1. The first-order valence-electron chi connectivity index (χ1n) is 23.5. The van der Waals surface area contributed by atoms with Gasteiger partial charge in [0.25, 0.3) is 0 Å². The molecule has 0 atom stereocenters. The molecule has 0 bridgehead atoms. The molecule has 0 unspecified atom stereocenters. The van der Waals surface area contributed by atoms with E-state index in [1.165, 1.54) is 130 Å². The van der Waals surface area contributed by atoms with Crippen LogP contribution in [-0.4, -0.2) is 12.7 Å². The van der Waals surface area contributed by atoms with E-state index < -0.39 is 24.4 Å². The largest absolute Gasteiger partial charge is 0.573 e. The van der Waals surface area contributed by atoms with Gasteiger partial charge in [-0.05, 0) is 140 Å². The number of hydrogen-bond acceptors (Lipinski definition) is 2. The molecule has 10 heteroatoms. The Morgan fingerprint density at radius 2 is 0.652 bits per heavy atom. The van der Waals surface area contributed by atoms with E-state index >= 15 is 0 Å². The van der Waals surface area contributed by atoms with Crippen LogP contribution >= 0.6 is 0 Å². The molecule has 0 aromatic heterocycles. The fourth-order valence-electron chi connectivity index (χ4n) is 8.48. The van der Waals surface area contributed by atoms with Gasteiger partial charge in [-0.1, -0.05) is 168 Å². The zero-order valence-corrected chi connectivity index (χ0v) is 38.6. The summed E-state index contributed by atoms with van der Waals surface area (Å²) in [7, 11) is 0. The van der Waals surface area contributed by atoms with E-state index in [2.05, 4.69) is 77.9 Å². The van der Waals surface area contributed by atoms with E-state index in [1.54, 1.807) is 12.1 Å². The van der Waals surface area contributed by atoms with Crippen LogP contribution in [-0.2, 0) is 12.8 Å². The topological polar surface area (TPSA) is 18.5 Å². The first kappa shape index (κ1) is 50.2. The third kappa shape index (κ3) is 14.4. The molecule has 2 nitrogen and oxygen atoms in total. The standard InChI is InChI=1S/C30H28F4O.C29H26F4O/c1-2-3-4-5-6-7-21-8-9-24-19-25(11-10-23(24)18-21)26-14-17-28(29(31)20-26)22-12-15-27(16-13-22)35-30(32,33)34;1-2-3-4-5-6-20-7-8-23-18-24(10-9-22(23)17-20)25-13-16-27(28(30)19-25)21-11-14-26(15-12-21)34-29(31,32)33/h8-20H,2-7H2,1H3;7-19H,2-6H2,1H3. The molecule has 0 spiro atoms. The van der Waals surface area contributed by atoms with Gasteiger partial charge >= 0.3 is 12.7 Å². The number of fused-ring (bicyclic) bond motifs is 2. The van der Waals surface area contributed by atoms with Crippen LogP contribution in [0.4, 0.5) is 35.1 Å². The van der Waals surface area contributed by atoms with Gasteiger partial charge in [-0.15, -0.1) is 26.3 Å². The summed E-state index contributed by atoms with van der Waals surface area (Å²) in [6.45, 7) is 4.43. The Morgan fingerprint density at radius 1 is 0.333 bits per heavy atom. The van der Waals surface area contributed by atoms with E-state index in [-0.39, 0.29) is 11.5 Å². The van der Waals surface area contributed by atoms with Gasteiger partial charge in [-0.2, -0.15) is 0 Å². The van der Waals surface area contributed by atoms with Crippen molar-refractivity contribution in [3.05, 3.63) is 180 Å². The number of alkyl halides is 6. The zero-order valence-electron chi connectivity index (χ0n) is 38.6. The molecule has 0 heterocycles.